The molecule has 1 aromatic rings. The number of halogens is 4. The van der Waals surface area contributed by atoms with Crippen LogP contribution in [0.15, 0.2) is 18.2 Å². The van der Waals surface area contributed by atoms with Crippen LogP contribution in [0, 0.1) is 0 Å². The molecule has 14 heavy (non-hydrogen) atoms. The quantitative estimate of drug-likeness (QED) is 0.643. The van der Waals surface area contributed by atoms with E-state index in [9.17, 15) is 12.9 Å². The number of hydrogen-bond donors (Lipinski definition) is 0. The van der Waals surface area contributed by atoms with Crippen molar-refractivity contribution in [2.75, 3.05) is 0 Å². The van der Waals surface area contributed by atoms with E-state index in [4.69, 9.17) is 11.6 Å². The summed E-state index contributed by atoms with van der Waals surface area (Å²) in [5.74, 6) is 0. The summed E-state index contributed by atoms with van der Waals surface area (Å²) in [7, 11) is 0. The second-order valence-corrected chi connectivity index (χ2v) is 3.21. The molecule has 1 aromatic carbocycles. The van der Waals surface area contributed by atoms with Crippen molar-refractivity contribution in [3.05, 3.63) is 28.8 Å². The molecule has 0 saturated heterocycles. The normalized spacial score (nSPS) is 10.9. The molecule has 0 N–H and O–H groups in total. The van der Waals surface area contributed by atoms with Crippen LogP contribution in [-0.4, -0.2) is 6.98 Å². The van der Waals surface area contributed by atoms with Crippen LogP contribution in [0.5, 0.6) is 0 Å². The number of rotatable bonds is 2. The van der Waals surface area contributed by atoms with Crippen molar-refractivity contribution in [3.63, 3.8) is 0 Å². The summed E-state index contributed by atoms with van der Waals surface area (Å²) in [5, 5.41) is 0.348. The van der Waals surface area contributed by atoms with Gasteiger partial charge in [-0.2, -0.15) is 0 Å². The van der Waals surface area contributed by atoms with Crippen molar-refractivity contribution in [3.8, 4) is 0 Å². The molecular formula is C8H8BClF3K. The van der Waals surface area contributed by atoms with E-state index in [2.05, 4.69) is 0 Å². The Hall–Kier alpha value is 1.00. The van der Waals surface area contributed by atoms with E-state index in [1.165, 1.54) is 12.1 Å². The van der Waals surface area contributed by atoms with Gasteiger partial charge in [0.2, 0.25) is 0 Å². The van der Waals surface area contributed by atoms with Gasteiger partial charge in [-0.25, -0.2) is 0 Å². The van der Waals surface area contributed by atoms with Gasteiger partial charge in [0.1, 0.15) is 0 Å². The maximum absolute atomic E-state index is 12.4. The zero-order chi connectivity index (χ0) is 10.1. The van der Waals surface area contributed by atoms with Crippen LogP contribution >= 0.6 is 11.6 Å². The summed E-state index contributed by atoms with van der Waals surface area (Å²) in [6.07, 6.45) is 0.344. The molecule has 0 atom stereocenters. The fourth-order valence-electron chi connectivity index (χ4n) is 1.20. The fourth-order valence-corrected chi connectivity index (χ4v) is 1.39. The Morgan fingerprint density at radius 2 is 1.86 bits per heavy atom. The van der Waals surface area contributed by atoms with Gasteiger partial charge < -0.3 is 12.9 Å². The second kappa shape index (κ2) is 5.92. The first-order valence-corrected chi connectivity index (χ1v) is 4.31. The van der Waals surface area contributed by atoms with Crippen molar-refractivity contribution in [2.24, 2.45) is 0 Å². The molecule has 0 spiro atoms. The Kier molecular flexibility index (Phi) is 6.34. The van der Waals surface area contributed by atoms with E-state index >= 15 is 0 Å². The Bertz CT molecular complexity index is 314. The molecule has 1 rings (SSSR count). The molecule has 0 aliphatic rings. The first-order chi connectivity index (χ1) is 5.95. The molecule has 72 valence electrons. The van der Waals surface area contributed by atoms with Crippen LogP contribution in [0.2, 0.25) is 5.02 Å². The summed E-state index contributed by atoms with van der Waals surface area (Å²) in [4.78, 5) is 0. The predicted octanol–water partition coefficient (Wildman–Crippen LogP) is -0.0392. The maximum atomic E-state index is 12.4. The third-order valence-electron chi connectivity index (χ3n) is 1.84. The smallest absolute Gasteiger partial charge is 0.445 e. The molecule has 0 aromatic heterocycles. The third kappa shape index (κ3) is 3.87. The largest absolute Gasteiger partial charge is 1.00 e. The average molecular weight is 247 g/mol. The second-order valence-electron chi connectivity index (χ2n) is 2.77. The Balaban J connectivity index is 0.00000169. The topological polar surface area (TPSA) is 0 Å². The predicted molar refractivity (Wildman–Crippen MR) is 49.5 cm³/mol. The minimum atomic E-state index is -4.91. The summed E-state index contributed by atoms with van der Waals surface area (Å²) >= 11 is 5.59. The summed E-state index contributed by atoms with van der Waals surface area (Å²) in [6, 6.07) is 3.68. The molecule has 0 saturated carbocycles. The molecule has 0 radical (unpaired) electrons. The molecule has 0 bridgehead atoms. The van der Waals surface area contributed by atoms with Crippen LogP contribution < -0.4 is 56.8 Å². The van der Waals surface area contributed by atoms with Gasteiger partial charge in [0.05, 0.1) is 0 Å². The van der Waals surface area contributed by atoms with Gasteiger partial charge in [-0.15, -0.1) is 5.46 Å². The van der Waals surface area contributed by atoms with Crippen LogP contribution in [-0.2, 0) is 6.42 Å². The maximum Gasteiger partial charge on any atom is 1.00 e. The Labute approximate surface area is 129 Å². The number of aryl methyl sites for hydroxylation is 1. The van der Waals surface area contributed by atoms with E-state index in [-0.39, 0.29) is 56.9 Å². The molecular weight excluding hydrogens is 238 g/mol. The van der Waals surface area contributed by atoms with Gasteiger partial charge in [-0.3, -0.25) is 0 Å². The molecule has 0 nitrogen and oxygen atoms in total. The van der Waals surface area contributed by atoms with Gasteiger partial charge in [-0.1, -0.05) is 30.2 Å². The minimum Gasteiger partial charge on any atom is -0.445 e. The molecule has 0 fully saturated rings. The molecule has 0 aliphatic heterocycles. The monoisotopic (exact) mass is 246 g/mol. The van der Waals surface area contributed by atoms with Gasteiger partial charge >= 0.3 is 58.4 Å². The molecule has 0 amide bonds. The van der Waals surface area contributed by atoms with Crippen LogP contribution in [0.3, 0.4) is 0 Å². The Morgan fingerprint density at radius 1 is 1.29 bits per heavy atom. The zero-order valence-corrected chi connectivity index (χ0v) is 11.9. The number of benzene rings is 1. The average Bonchev–Trinajstić information content (AvgIpc) is 2.01. The third-order valence-corrected chi connectivity index (χ3v) is 2.07. The van der Waals surface area contributed by atoms with Gasteiger partial charge in [0.15, 0.2) is 0 Å². The van der Waals surface area contributed by atoms with Gasteiger partial charge in [-0.05, 0) is 18.6 Å². The minimum absolute atomic E-state index is 0. The fraction of sp³-hybridized carbons (Fsp3) is 0.250. The van der Waals surface area contributed by atoms with E-state index in [1.807, 2.05) is 0 Å². The summed E-state index contributed by atoms with van der Waals surface area (Å²) in [6.45, 7) is -3.23. The SMILES string of the molecule is CCc1cc(Cl)ccc1[B-](F)(F)F.[K+]. The zero-order valence-electron chi connectivity index (χ0n) is 8.03. The first-order valence-electron chi connectivity index (χ1n) is 3.93. The summed E-state index contributed by atoms with van der Waals surface area (Å²) in [5.41, 5.74) is -0.271. The molecule has 6 heteroatoms. The van der Waals surface area contributed by atoms with E-state index in [1.54, 1.807) is 6.92 Å². The molecule has 0 unspecified atom stereocenters. The van der Waals surface area contributed by atoms with Crippen molar-refractivity contribution >= 4 is 24.0 Å². The molecule has 0 aliphatic carbocycles. The van der Waals surface area contributed by atoms with Crippen LogP contribution in [0.25, 0.3) is 0 Å². The van der Waals surface area contributed by atoms with Gasteiger partial charge in [0.25, 0.3) is 0 Å². The molecule has 0 heterocycles. The van der Waals surface area contributed by atoms with Crippen molar-refractivity contribution < 1.29 is 64.3 Å². The van der Waals surface area contributed by atoms with E-state index in [0.717, 1.165) is 6.07 Å². The van der Waals surface area contributed by atoms with Crippen molar-refractivity contribution in [1.82, 2.24) is 0 Å². The van der Waals surface area contributed by atoms with Gasteiger partial charge in [0, 0.05) is 5.02 Å². The van der Waals surface area contributed by atoms with E-state index in [0.29, 0.717) is 11.4 Å². The van der Waals surface area contributed by atoms with Crippen molar-refractivity contribution in [1.29, 1.82) is 0 Å². The van der Waals surface area contributed by atoms with E-state index < -0.39 is 12.4 Å². The van der Waals surface area contributed by atoms with Crippen LogP contribution in [0.1, 0.15) is 12.5 Å². The first kappa shape index (κ1) is 15.0. The Morgan fingerprint density at radius 3 is 2.29 bits per heavy atom. The standard InChI is InChI=1S/C8H8BClF3.K/c1-2-6-5-7(10)3-4-8(6)9(11,12)13;/h3-5H,2H2,1H3;/q-1;+1. The van der Waals surface area contributed by atoms with Crippen LogP contribution in [0.4, 0.5) is 12.9 Å². The van der Waals surface area contributed by atoms with Crippen molar-refractivity contribution in [2.45, 2.75) is 13.3 Å². The summed E-state index contributed by atoms with van der Waals surface area (Å²) < 4.78 is 37.2. The number of hydrogen-bond acceptors (Lipinski definition) is 0.